The molecule has 0 aliphatic rings. The Kier molecular flexibility index (Phi) is 4.79. The molecule has 20 heavy (non-hydrogen) atoms. The highest BCUT2D eigenvalue weighted by molar-refractivity contribution is 6.31. The molecule has 2 aromatic rings. The molecule has 0 aliphatic heterocycles. The lowest BCUT2D eigenvalue weighted by molar-refractivity contribution is 0.573. The van der Waals surface area contributed by atoms with Crippen LogP contribution in [0.4, 0.5) is 0 Å². The van der Waals surface area contributed by atoms with E-state index in [-0.39, 0.29) is 6.04 Å². The van der Waals surface area contributed by atoms with Crippen LogP contribution in [0.1, 0.15) is 35.2 Å². The van der Waals surface area contributed by atoms with Gasteiger partial charge >= 0.3 is 0 Å². The summed E-state index contributed by atoms with van der Waals surface area (Å²) in [4.78, 5) is 0. The minimum atomic E-state index is 0.179. The Morgan fingerprint density at radius 1 is 1.25 bits per heavy atom. The Labute approximate surface area is 125 Å². The van der Waals surface area contributed by atoms with Crippen molar-refractivity contribution < 1.29 is 0 Å². The number of rotatable bonds is 4. The van der Waals surface area contributed by atoms with Crippen LogP contribution in [0.15, 0.2) is 42.5 Å². The third kappa shape index (κ3) is 3.39. The van der Waals surface area contributed by atoms with Crippen molar-refractivity contribution >= 4 is 11.6 Å². The fourth-order valence-electron chi connectivity index (χ4n) is 2.16. The molecule has 0 aliphatic carbocycles. The molecule has 0 bridgehead atoms. The normalized spacial score (nSPS) is 11.9. The summed E-state index contributed by atoms with van der Waals surface area (Å²) in [5.41, 5.74) is 4.12. The van der Waals surface area contributed by atoms with Crippen LogP contribution in [-0.2, 0) is 6.54 Å². The van der Waals surface area contributed by atoms with Crippen molar-refractivity contribution in [3.8, 4) is 6.07 Å². The number of benzene rings is 2. The molecule has 1 N–H and O–H groups in total. The first-order chi connectivity index (χ1) is 9.61. The van der Waals surface area contributed by atoms with Gasteiger partial charge in [0, 0.05) is 17.6 Å². The van der Waals surface area contributed by atoms with Gasteiger partial charge in [0.05, 0.1) is 11.6 Å². The van der Waals surface area contributed by atoms with Crippen LogP contribution in [0.5, 0.6) is 0 Å². The Bertz CT molecular complexity index is 644. The van der Waals surface area contributed by atoms with Crippen LogP contribution >= 0.6 is 11.6 Å². The molecule has 0 radical (unpaired) electrons. The van der Waals surface area contributed by atoms with E-state index in [0.29, 0.717) is 5.56 Å². The van der Waals surface area contributed by atoms with E-state index in [4.69, 9.17) is 16.9 Å². The van der Waals surface area contributed by atoms with E-state index in [0.717, 1.165) is 22.7 Å². The number of nitrogens with zero attached hydrogens (tertiary/aromatic N) is 1. The Morgan fingerprint density at radius 2 is 2.00 bits per heavy atom. The van der Waals surface area contributed by atoms with Gasteiger partial charge in [-0.25, -0.2) is 0 Å². The summed E-state index contributed by atoms with van der Waals surface area (Å²) in [6.45, 7) is 4.88. The summed E-state index contributed by atoms with van der Waals surface area (Å²) in [6.07, 6.45) is 0. The van der Waals surface area contributed by atoms with E-state index in [2.05, 4.69) is 18.3 Å². The van der Waals surface area contributed by atoms with Crippen LogP contribution in [0.2, 0.25) is 5.02 Å². The van der Waals surface area contributed by atoms with Crippen molar-refractivity contribution in [3.05, 3.63) is 69.7 Å². The van der Waals surface area contributed by atoms with Gasteiger partial charge in [-0.05, 0) is 48.7 Å². The standard InChI is InChI=1S/C17H17ClN2/c1-12-9-14(10-19)7-8-15(12)11-20-13(2)16-5-3-4-6-17(16)18/h3-9,13,20H,11H2,1-2H3. The number of aryl methyl sites for hydroxylation is 1. The maximum absolute atomic E-state index is 8.87. The second kappa shape index (κ2) is 6.56. The molecular weight excluding hydrogens is 268 g/mol. The number of hydrogen-bond acceptors (Lipinski definition) is 2. The first-order valence-corrected chi connectivity index (χ1v) is 6.97. The topological polar surface area (TPSA) is 35.8 Å². The Hall–Kier alpha value is -1.82. The van der Waals surface area contributed by atoms with Gasteiger partial charge < -0.3 is 5.32 Å². The molecule has 2 aromatic carbocycles. The molecule has 3 heteroatoms. The largest absolute Gasteiger partial charge is 0.306 e. The second-order valence-electron chi connectivity index (χ2n) is 4.88. The molecule has 0 fully saturated rings. The van der Waals surface area contributed by atoms with Crippen LogP contribution in [0.3, 0.4) is 0 Å². The second-order valence-corrected chi connectivity index (χ2v) is 5.28. The van der Waals surface area contributed by atoms with E-state index >= 15 is 0 Å². The zero-order valence-electron chi connectivity index (χ0n) is 11.7. The Balaban J connectivity index is 2.06. The third-order valence-electron chi connectivity index (χ3n) is 3.44. The molecule has 0 saturated carbocycles. The van der Waals surface area contributed by atoms with Gasteiger partial charge in [-0.1, -0.05) is 35.9 Å². The average Bonchev–Trinajstić information content (AvgIpc) is 2.46. The molecular formula is C17H17ClN2. The zero-order chi connectivity index (χ0) is 14.5. The monoisotopic (exact) mass is 284 g/mol. The molecule has 2 rings (SSSR count). The molecule has 0 saturated heterocycles. The highest BCUT2D eigenvalue weighted by Gasteiger charge is 2.09. The lowest BCUT2D eigenvalue weighted by Gasteiger charge is -2.16. The first kappa shape index (κ1) is 14.6. The first-order valence-electron chi connectivity index (χ1n) is 6.59. The summed E-state index contributed by atoms with van der Waals surface area (Å²) in [5.74, 6) is 0. The summed E-state index contributed by atoms with van der Waals surface area (Å²) in [5, 5.41) is 13.1. The van der Waals surface area contributed by atoms with Gasteiger partial charge in [0.2, 0.25) is 0 Å². The van der Waals surface area contributed by atoms with Crippen molar-refractivity contribution in [3.63, 3.8) is 0 Å². The van der Waals surface area contributed by atoms with E-state index in [1.165, 1.54) is 5.56 Å². The summed E-state index contributed by atoms with van der Waals surface area (Å²) >= 11 is 6.20. The molecule has 102 valence electrons. The fourth-order valence-corrected chi connectivity index (χ4v) is 2.46. The minimum Gasteiger partial charge on any atom is -0.306 e. The fraction of sp³-hybridized carbons (Fsp3) is 0.235. The van der Waals surface area contributed by atoms with Gasteiger partial charge in [0.25, 0.3) is 0 Å². The molecule has 0 amide bonds. The van der Waals surface area contributed by atoms with Gasteiger partial charge in [-0.15, -0.1) is 0 Å². The van der Waals surface area contributed by atoms with Crippen LogP contribution in [-0.4, -0.2) is 0 Å². The van der Waals surface area contributed by atoms with Crippen molar-refractivity contribution in [2.75, 3.05) is 0 Å². The van der Waals surface area contributed by atoms with Crippen LogP contribution < -0.4 is 5.32 Å². The van der Waals surface area contributed by atoms with Gasteiger partial charge in [0.15, 0.2) is 0 Å². The van der Waals surface area contributed by atoms with Gasteiger partial charge in [0.1, 0.15) is 0 Å². The zero-order valence-corrected chi connectivity index (χ0v) is 12.4. The number of nitrogens with one attached hydrogen (secondary N) is 1. The molecule has 1 unspecified atom stereocenters. The predicted octanol–water partition coefficient (Wildman–Crippen LogP) is 4.37. The molecule has 0 heterocycles. The van der Waals surface area contributed by atoms with Crippen LogP contribution in [0, 0.1) is 18.3 Å². The lowest BCUT2D eigenvalue weighted by Crippen LogP contribution is -2.19. The maximum atomic E-state index is 8.87. The van der Waals surface area contributed by atoms with Crippen LogP contribution in [0.25, 0.3) is 0 Å². The predicted molar refractivity (Wildman–Crippen MR) is 82.6 cm³/mol. The van der Waals surface area contributed by atoms with E-state index in [9.17, 15) is 0 Å². The minimum absolute atomic E-state index is 0.179. The van der Waals surface area contributed by atoms with E-state index in [1.54, 1.807) is 0 Å². The lowest BCUT2D eigenvalue weighted by atomic mass is 10.0. The van der Waals surface area contributed by atoms with Gasteiger partial charge in [-0.3, -0.25) is 0 Å². The number of nitriles is 1. The third-order valence-corrected chi connectivity index (χ3v) is 3.79. The van der Waals surface area contributed by atoms with Crippen molar-refractivity contribution in [2.24, 2.45) is 0 Å². The average molecular weight is 285 g/mol. The summed E-state index contributed by atoms with van der Waals surface area (Å²) < 4.78 is 0. The summed E-state index contributed by atoms with van der Waals surface area (Å²) in [6, 6.07) is 16.0. The number of hydrogen-bond donors (Lipinski definition) is 1. The quantitative estimate of drug-likeness (QED) is 0.905. The summed E-state index contributed by atoms with van der Waals surface area (Å²) in [7, 11) is 0. The van der Waals surface area contributed by atoms with Crippen molar-refractivity contribution in [1.82, 2.24) is 5.32 Å². The van der Waals surface area contributed by atoms with Crippen molar-refractivity contribution in [1.29, 1.82) is 5.26 Å². The van der Waals surface area contributed by atoms with Crippen molar-refractivity contribution in [2.45, 2.75) is 26.4 Å². The van der Waals surface area contributed by atoms with E-state index < -0.39 is 0 Å². The smallest absolute Gasteiger partial charge is 0.0991 e. The highest BCUT2D eigenvalue weighted by atomic mass is 35.5. The molecule has 2 nitrogen and oxygen atoms in total. The van der Waals surface area contributed by atoms with E-state index in [1.807, 2.05) is 49.4 Å². The molecule has 0 spiro atoms. The van der Waals surface area contributed by atoms with Gasteiger partial charge in [-0.2, -0.15) is 5.26 Å². The maximum Gasteiger partial charge on any atom is 0.0991 e. The SMILES string of the molecule is Cc1cc(C#N)ccc1CNC(C)c1ccccc1Cl. The molecule has 1 atom stereocenters. The highest BCUT2D eigenvalue weighted by Crippen LogP contribution is 2.22. The number of halogens is 1. The molecule has 0 aromatic heterocycles. The Morgan fingerprint density at radius 3 is 2.65 bits per heavy atom.